The Hall–Kier alpha value is -2.44. The third-order valence-corrected chi connectivity index (χ3v) is 3.87. The van der Waals surface area contributed by atoms with Crippen LogP contribution in [0.4, 0.5) is 0 Å². The monoisotopic (exact) mass is 345 g/mol. The molecule has 24 heavy (non-hydrogen) atoms. The van der Waals surface area contributed by atoms with Gasteiger partial charge in [0.2, 0.25) is 0 Å². The summed E-state index contributed by atoms with van der Waals surface area (Å²) in [6.07, 6.45) is 3.59. The summed E-state index contributed by atoms with van der Waals surface area (Å²) in [5, 5.41) is 11.1. The molecule has 1 aromatic carbocycles. The molecule has 1 atom stereocenters. The van der Waals surface area contributed by atoms with E-state index in [1.54, 1.807) is 18.2 Å². The van der Waals surface area contributed by atoms with Crippen molar-refractivity contribution in [2.75, 3.05) is 6.61 Å². The number of aryl methyl sites for hydroxylation is 1. The highest BCUT2D eigenvalue weighted by atomic mass is 35.5. The molecule has 0 aliphatic carbocycles. The van der Waals surface area contributed by atoms with Crippen LogP contribution >= 0.6 is 11.6 Å². The fourth-order valence-electron chi connectivity index (χ4n) is 2.33. The summed E-state index contributed by atoms with van der Waals surface area (Å²) in [4.78, 5) is 20.5. The molecule has 2 heterocycles. The van der Waals surface area contributed by atoms with Crippen LogP contribution in [-0.2, 0) is 6.54 Å². The summed E-state index contributed by atoms with van der Waals surface area (Å²) in [5.41, 5.74) is 1.30. The largest absolute Gasteiger partial charge is 0.489 e. The average molecular weight is 346 g/mol. The first-order valence-electron chi connectivity index (χ1n) is 7.41. The molecule has 0 fully saturated rings. The Kier molecular flexibility index (Phi) is 4.78. The van der Waals surface area contributed by atoms with E-state index in [-0.39, 0.29) is 18.7 Å². The zero-order chi connectivity index (χ0) is 17.1. The molecule has 0 radical (unpaired) electrons. The number of aliphatic hydroxyl groups excluding tert-OH is 1. The first-order valence-corrected chi connectivity index (χ1v) is 7.78. The van der Waals surface area contributed by atoms with Gasteiger partial charge in [-0.3, -0.25) is 14.3 Å². The predicted molar refractivity (Wildman–Crippen MR) is 91.5 cm³/mol. The standard InChI is InChI=1S/C17H16ClN3O3/c1-11-2-3-14(18)16(6-11)24-9-12(22)8-21-10-20-15-7-19-5-4-13(15)17(21)23/h2-7,10,12,22H,8-9H2,1H3/t12-/m1/s1. The van der Waals surface area contributed by atoms with Gasteiger partial charge in [-0.05, 0) is 30.7 Å². The van der Waals surface area contributed by atoms with Crippen LogP contribution in [0.25, 0.3) is 10.9 Å². The van der Waals surface area contributed by atoms with Crippen LogP contribution in [0.2, 0.25) is 5.02 Å². The number of ether oxygens (including phenoxy) is 1. The van der Waals surface area contributed by atoms with Gasteiger partial charge in [-0.15, -0.1) is 0 Å². The van der Waals surface area contributed by atoms with Crippen molar-refractivity contribution < 1.29 is 9.84 Å². The van der Waals surface area contributed by atoms with Gasteiger partial charge in [0, 0.05) is 6.20 Å². The van der Waals surface area contributed by atoms with E-state index in [0.29, 0.717) is 21.7 Å². The highest BCUT2D eigenvalue weighted by molar-refractivity contribution is 6.32. The normalized spacial score (nSPS) is 12.3. The Labute approximate surface area is 143 Å². The molecular formula is C17H16ClN3O3. The van der Waals surface area contributed by atoms with Crippen molar-refractivity contribution in [3.63, 3.8) is 0 Å². The van der Waals surface area contributed by atoms with E-state index in [1.165, 1.54) is 23.3 Å². The molecule has 0 unspecified atom stereocenters. The van der Waals surface area contributed by atoms with E-state index in [1.807, 2.05) is 13.0 Å². The second kappa shape index (κ2) is 6.98. The number of pyridine rings is 1. The van der Waals surface area contributed by atoms with Gasteiger partial charge in [0.25, 0.3) is 5.56 Å². The van der Waals surface area contributed by atoms with Crippen molar-refractivity contribution in [3.8, 4) is 5.75 Å². The van der Waals surface area contributed by atoms with Gasteiger partial charge < -0.3 is 9.84 Å². The van der Waals surface area contributed by atoms with Gasteiger partial charge in [-0.1, -0.05) is 17.7 Å². The third kappa shape index (κ3) is 3.55. The lowest BCUT2D eigenvalue weighted by Crippen LogP contribution is -2.30. The zero-order valence-electron chi connectivity index (χ0n) is 13.0. The summed E-state index contributed by atoms with van der Waals surface area (Å²) in [5.74, 6) is 0.505. The Bertz CT molecular complexity index is 926. The van der Waals surface area contributed by atoms with E-state index in [4.69, 9.17) is 16.3 Å². The van der Waals surface area contributed by atoms with Gasteiger partial charge in [0.15, 0.2) is 0 Å². The summed E-state index contributed by atoms with van der Waals surface area (Å²) in [6.45, 7) is 2.02. The number of aromatic nitrogens is 3. The average Bonchev–Trinajstić information content (AvgIpc) is 2.58. The number of aliphatic hydroxyl groups is 1. The van der Waals surface area contributed by atoms with Crippen molar-refractivity contribution in [2.24, 2.45) is 0 Å². The Morgan fingerprint density at radius 2 is 2.21 bits per heavy atom. The highest BCUT2D eigenvalue weighted by Gasteiger charge is 2.11. The Morgan fingerprint density at radius 3 is 3.04 bits per heavy atom. The maximum Gasteiger partial charge on any atom is 0.261 e. The minimum absolute atomic E-state index is 0.0179. The number of fused-ring (bicyclic) bond motifs is 1. The summed E-state index contributed by atoms with van der Waals surface area (Å²) >= 11 is 6.05. The van der Waals surface area contributed by atoms with Gasteiger partial charge >= 0.3 is 0 Å². The van der Waals surface area contributed by atoms with Crippen LogP contribution in [0.5, 0.6) is 5.75 Å². The molecule has 0 spiro atoms. The van der Waals surface area contributed by atoms with Gasteiger partial charge in [-0.2, -0.15) is 0 Å². The van der Waals surface area contributed by atoms with Crippen molar-refractivity contribution >= 4 is 22.5 Å². The molecule has 3 rings (SSSR count). The number of benzene rings is 1. The van der Waals surface area contributed by atoms with Crippen LogP contribution < -0.4 is 10.3 Å². The van der Waals surface area contributed by atoms with Crippen molar-refractivity contribution in [1.29, 1.82) is 0 Å². The minimum atomic E-state index is -0.875. The molecule has 0 bridgehead atoms. The number of hydrogen-bond acceptors (Lipinski definition) is 5. The van der Waals surface area contributed by atoms with Crippen LogP contribution in [-0.4, -0.2) is 32.4 Å². The first kappa shape index (κ1) is 16.4. The molecule has 0 saturated carbocycles. The Morgan fingerprint density at radius 1 is 1.38 bits per heavy atom. The van der Waals surface area contributed by atoms with Crippen LogP contribution in [0.3, 0.4) is 0 Å². The molecule has 6 nitrogen and oxygen atoms in total. The lowest BCUT2D eigenvalue weighted by Gasteiger charge is -2.15. The maximum absolute atomic E-state index is 12.4. The Balaban J connectivity index is 1.71. The fraction of sp³-hybridized carbons (Fsp3) is 0.235. The molecule has 124 valence electrons. The number of nitrogens with zero attached hydrogens (tertiary/aromatic N) is 3. The molecule has 0 aliphatic rings. The molecule has 2 aromatic heterocycles. The fourth-order valence-corrected chi connectivity index (χ4v) is 2.50. The minimum Gasteiger partial charge on any atom is -0.489 e. The maximum atomic E-state index is 12.4. The third-order valence-electron chi connectivity index (χ3n) is 3.55. The topological polar surface area (TPSA) is 77.2 Å². The van der Waals surface area contributed by atoms with Crippen LogP contribution in [0.1, 0.15) is 5.56 Å². The van der Waals surface area contributed by atoms with Crippen LogP contribution in [0, 0.1) is 6.92 Å². The zero-order valence-corrected chi connectivity index (χ0v) is 13.8. The molecule has 3 aromatic rings. The predicted octanol–water partition coefficient (Wildman–Crippen LogP) is 2.19. The summed E-state index contributed by atoms with van der Waals surface area (Å²) in [6, 6.07) is 7.02. The number of hydrogen-bond donors (Lipinski definition) is 1. The molecular weight excluding hydrogens is 330 g/mol. The van der Waals surface area contributed by atoms with Crippen molar-refractivity contribution in [2.45, 2.75) is 19.6 Å². The SMILES string of the molecule is Cc1ccc(Cl)c(OC[C@H](O)Cn2cnc3cnccc3c2=O)c1. The molecule has 7 heteroatoms. The molecule has 0 amide bonds. The van der Waals surface area contributed by atoms with E-state index >= 15 is 0 Å². The lowest BCUT2D eigenvalue weighted by molar-refractivity contribution is 0.0915. The second-order valence-corrected chi connectivity index (χ2v) is 5.90. The quantitative estimate of drug-likeness (QED) is 0.767. The van der Waals surface area contributed by atoms with Crippen molar-refractivity contribution in [1.82, 2.24) is 14.5 Å². The van der Waals surface area contributed by atoms with Crippen molar-refractivity contribution in [3.05, 3.63) is 63.9 Å². The van der Waals surface area contributed by atoms with Gasteiger partial charge in [0.1, 0.15) is 18.5 Å². The van der Waals surface area contributed by atoms with E-state index in [0.717, 1.165) is 5.56 Å². The van der Waals surface area contributed by atoms with Crippen LogP contribution in [0.15, 0.2) is 47.8 Å². The smallest absolute Gasteiger partial charge is 0.261 e. The summed E-state index contributed by atoms with van der Waals surface area (Å²) < 4.78 is 6.91. The number of halogens is 1. The van der Waals surface area contributed by atoms with E-state index in [9.17, 15) is 9.90 Å². The first-order chi connectivity index (χ1) is 11.5. The molecule has 0 aliphatic heterocycles. The van der Waals surface area contributed by atoms with E-state index < -0.39 is 6.10 Å². The lowest BCUT2D eigenvalue weighted by atomic mass is 10.2. The highest BCUT2D eigenvalue weighted by Crippen LogP contribution is 2.25. The van der Waals surface area contributed by atoms with Gasteiger partial charge in [0.05, 0.1) is 35.0 Å². The second-order valence-electron chi connectivity index (χ2n) is 5.49. The molecule has 0 saturated heterocycles. The molecule has 1 N–H and O–H groups in total. The number of rotatable bonds is 5. The summed E-state index contributed by atoms with van der Waals surface area (Å²) in [7, 11) is 0. The van der Waals surface area contributed by atoms with Gasteiger partial charge in [-0.25, -0.2) is 4.98 Å². The van der Waals surface area contributed by atoms with E-state index in [2.05, 4.69) is 9.97 Å².